The molecule has 0 amide bonds. The van der Waals surface area contributed by atoms with E-state index in [-0.39, 0.29) is 0 Å². The highest BCUT2D eigenvalue weighted by molar-refractivity contribution is 5.72. The summed E-state index contributed by atoms with van der Waals surface area (Å²) in [7, 11) is 0. The molecule has 2 heterocycles. The molecule has 0 radical (unpaired) electrons. The minimum Gasteiger partial charge on any atom is -0.208 e. The van der Waals surface area contributed by atoms with Gasteiger partial charge in [-0.05, 0) is 103 Å². The van der Waals surface area contributed by atoms with E-state index in [1.807, 2.05) is 0 Å². The summed E-state index contributed by atoms with van der Waals surface area (Å²) < 4.78 is 0. The van der Waals surface area contributed by atoms with E-state index in [0.717, 1.165) is 33.4 Å². The highest BCUT2D eigenvalue weighted by Crippen LogP contribution is 2.38. The summed E-state index contributed by atoms with van der Waals surface area (Å²) in [6, 6.07) is 44.6. The summed E-state index contributed by atoms with van der Waals surface area (Å²) in [5.74, 6) is 6.57. The molecule has 4 aliphatic rings. The Morgan fingerprint density at radius 2 is 0.439 bits per heavy atom. The first kappa shape index (κ1) is 42.7. The van der Waals surface area contributed by atoms with Crippen LogP contribution < -0.4 is 0 Å². The maximum absolute atomic E-state index is 5.22. The SMILES string of the molecule is c1cc(-c2nc(-c3ccc(C4CCCCC4)cc3)nc(-c3ccc(C4CCCCC4)cc3)n2)cc(-c2nc(-c3ccc(C4CCCCC4)cc3)nc(-c3ccc(C4CCCCC4)cc3)n2)c1. The molecule has 0 bridgehead atoms. The largest absolute Gasteiger partial charge is 0.208 e. The zero-order chi connectivity index (χ0) is 44.1. The summed E-state index contributed by atoms with van der Waals surface area (Å²) in [6.07, 6.45) is 26.2. The Morgan fingerprint density at radius 3 is 0.667 bits per heavy atom. The second-order valence-corrected chi connectivity index (χ2v) is 20.0. The van der Waals surface area contributed by atoms with Crippen LogP contribution >= 0.6 is 0 Å². The molecule has 2 aromatic heterocycles. The van der Waals surface area contributed by atoms with Gasteiger partial charge in [0.05, 0.1) is 0 Å². The van der Waals surface area contributed by atoms with Crippen LogP contribution in [0.1, 0.15) is 174 Å². The molecule has 6 heteroatoms. The number of nitrogens with zero attached hydrogens (tertiary/aromatic N) is 6. The minimum absolute atomic E-state index is 0.635. The fourth-order valence-corrected chi connectivity index (χ4v) is 11.7. The topological polar surface area (TPSA) is 77.3 Å². The molecule has 0 aliphatic heterocycles. The lowest BCUT2D eigenvalue weighted by atomic mass is 9.84. The number of rotatable bonds is 10. The monoisotopic (exact) mass is 869 g/mol. The average Bonchev–Trinajstić information content (AvgIpc) is 3.42. The van der Waals surface area contributed by atoms with Gasteiger partial charge in [0, 0.05) is 33.4 Å². The van der Waals surface area contributed by atoms with E-state index in [0.29, 0.717) is 58.6 Å². The van der Waals surface area contributed by atoms with Crippen LogP contribution in [0, 0.1) is 0 Å². The molecule has 5 aromatic carbocycles. The molecule has 0 unspecified atom stereocenters. The van der Waals surface area contributed by atoms with Crippen molar-refractivity contribution in [3.05, 3.63) is 144 Å². The molecule has 66 heavy (non-hydrogen) atoms. The van der Waals surface area contributed by atoms with Crippen LogP contribution in [-0.4, -0.2) is 29.9 Å². The third-order valence-electron chi connectivity index (χ3n) is 15.6. The fourth-order valence-electron chi connectivity index (χ4n) is 11.7. The number of benzene rings is 5. The Balaban J connectivity index is 0.967. The van der Waals surface area contributed by atoms with Crippen LogP contribution in [0.4, 0.5) is 0 Å². The predicted octanol–water partition coefficient (Wildman–Crippen LogP) is 16.2. The summed E-state index contributed by atoms with van der Waals surface area (Å²) >= 11 is 0. The highest BCUT2D eigenvalue weighted by Gasteiger charge is 2.22. The van der Waals surface area contributed by atoms with Gasteiger partial charge in [0.25, 0.3) is 0 Å². The van der Waals surface area contributed by atoms with E-state index in [2.05, 4.69) is 121 Å². The standard InChI is InChI=1S/C60H64N6/c1-5-14-41(15-6-1)45-24-32-49(33-25-45)55-61-56(50-34-26-46(27-35-50)42-16-7-2-8-17-42)64-59(63-55)53-22-13-23-54(40-53)60-65-57(51-36-28-47(29-37-51)43-18-9-3-10-19-43)62-58(66-60)52-38-30-48(31-39-52)44-20-11-4-12-21-44/h13,22-44H,1-12,14-21H2. The van der Waals surface area contributed by atoms with Crippen LogP contribution in [0.15, 0.2) is 121 Å². The first-order valence-corrected chi connectivity index (χ1v) is 25.7. The molecule has 0 spiro atoms. The normalized spacial score (nSPS) is 18.1. The molecule has 0 N–H and O–H groups in total. The lowest BCUT2D eigenvalue weighted by Crippen LogP contribution is -2.05. The highest BCUT2D eigenvalue weighted by atomic mass is 15.0. The fraction of sp³-hybridized carbons (Fsp3) is 0.400. The molecule has 334 valence electrons. The summed E-state index contributed by atoms with van der Waals surface area (Å²) in [5.41, 5.74) is 11.5. The van der Waals surface area contributed by atoms with Crippen molar-refractivity contribution in [2.24, 2.45) is 0 Å². The van der Waals surface area contributed by atoms with Gasteiger partial charge in [0.2, 0.25) is 0 Å². The second-order valence-electron chi connectivity index (χ2n) is 20.0. The van der Waals surface area contributed by atoms with Crippen molar-refractivity contribution in [3.63, 3.8) is 0 Å². The van der Waals surface area contributed by atoms with Crippen molar-refractivity contribution >= 4 is 0 Å². The lowest BCUT2D eigenvalue weighted by Gasteiger charge is -2.22. The van der Waals surface area contributed by atoms with E-state index >= 15 is 0 Å². The van der Waals surface area contributed by atoms with E-state index in [9.17, 15) is 0 Å². The van der Waals surface area contributed by atoms with Gasteiger partial charge in [0.15, 0.2) is 34.9 Å². The van der Waals surface area contributed by atoms with Crippen molar-refractivity contribution in [1.82, 2.24) is 29.9 Å². The zero-order valence-corrected chi connectivity index (χ0v) is 38.7. The third kappa shape index (κ3) is 9.66. The van der Waals surface area contributed by atoms with Crippen LogP contribution in [0.3, 0.4) is 0 Å². The maximum Gasteiger partial charge on any atom is 0.164 e. The first-order chi connectivity index (χ1) is 32.7. The first-order valence-electron chi connectivity index (χ1n) is 25.7. The third-order valence-corrected chi connectivity index (χ3v) is 15.6. The Bertz CT molecular complexity index is 2360. The quantitative estimate of drug-likeness (QED) is 0.136. The smallest absolute Gasteiger partial charge is 0.164 e. The lowest BCUT2D eigenvalue weighted by molar-refractivity contribution is 0.443. The van der Waals surface area contributed by atoms with Gasteiger partial charge >= 0.3 is 0 Å². The maximum atomic E-state index is 5.22. The van der Waals surface area contributed by atoms with Crippen molar-refractivity contribution in [1.29, 1.82) is 0 Å². The van der Waals surface area contributed by atoms with Gasteiger partial charge in [-0.3, -0.25) is 0 Å². The molecule has 0 atom stereocenters. The molecule has 4 fully saturated rings. The average molecular weight is 869 g/mol. The molecular weight excluding hydrogens is 805 g/mol. The van der Waals surface area contributed by atoms with Crippen molar-refractivity contribution in [3.8, 4) is 68.3 Å². The number of aromatic nitrogens is 6. The van der Waals surface area contributed by atoms with Gasteiger partial charge < -0.3 is 0 Å². The molecular formula is C60H64N6. The minimum atomic E-state index is 0.635. The van der Waals surface area contributed by atoms with E-state index in [1.54, 1.807) is 0 Å². The van der Waals surface area contributed by atoms with E-state index in [1.165, 1.54) is 151 Å². The Hall–Kier alpha value is -5.88. The summed E-state index contributed by atoms with van der Waals surface area (Å²) in [4.78, 5) is 31.2. The molecule has 0 saturated heterocycles. The Morgan fingerprint density at radius 1 is 0.227 bits per heavy atom. The number of hydrogen-bond donors (Lipinski definition) is 0. The Kier molecular flexibility index (Phi) is 12.9. The van der Waals surface area contributed by atoms with Crippen LogP contribution in [-0.2, 0) is 0 Å². The molecule has 7 aromatic rings. The van der Waals surface area contributed by atoms with Crippen molar-refractivity contribution in [2.45, 2.75) is 152 Å². The van der Waals surface area contributed by atoms with Crippen LogP contribution in [0.25, 0.3) is 68.3 Å². The van der Waals surface area contributed by atoms with Gasteiger partial charge in [-0.15, -0.1) is 0 Å². The van der Waals surface area contributed by atoms with Crippen LogP contribution in [0.5, 0.6) is 0 Å². The number of hydrogen-bond acceptors (Lipinski definition) is 6. The van der Waals surface area contributed by atoms with Crippen LogP contribution in [0.2, 0.25) is 0 Å². The zero-order valence-electron chi connectivity index (χ0n) is 38.7. The van der Waals surface area contributed by atoms with E-state index in [4.69, 9.17) is 29.9 Å². The Labute approximate surface area is 392 Å². The second kappa shape index (κ2) is 19.9. The molecule has 6 nitrogen and oxygen atoms in total. The van der Waals surface area contributed by atoms with Crippen molar-refractivity contribution in [2.75, 3.05) is 0 Å². The van der Waals surface area contributed by atoms with Gasteiger partial charge in [-0.1, -0.05) is 192 Å². The summed E-state index contributed by atoms with van der Waals surface area (Å²) in [5, 5.41) is 0. The molecule has 4 saturated carbocycles. The predicted molar refractivity (Wildman–Crippen MR) is 269 cm³/mol. The van der Waals surface area contributed by atoms with Crippen molar-refractivity contribution < 1.29 is 0 Å². The summed E-state index contributed by atoms with van der Waals surface area (Å²) in [6.45, 7) is 0. The molecule has 4 aliphatic carbocycles. The van der Waals surface area contributed by atoms with Gasteiger partial charge in [-0.25, -0.2) is 29.9 Å². The van der Waals surface area contributed by atoms with Gasteiger partial charge in [-0.2, -0.15) is 0 Å². The van der Waals surface area contributed by atoms with Gasteiger partial charge in [0.1, 0.15) is 0 Å². The molecule has 11 rings (SSSR count). The van der Waals surface area contributed by atoms with E-state index < -0.39 is 0 Å².